The summed E-state index contributed by atoms with van der Waals surface area (Å²) in [5.74, 6) is -0.904. The summed E-state index contributed by atoms with van der Waals surface area (Å²) in [6.45, 7) is 5.42. The van der Waals surface area contributed by atoms with Crippen molar-refractivity contribution < 1.29 is 9.90 Å². The molecule has 0 amide bonds. The van der Waals surface area contributed by atoms with E-state index in [4.69, 9.17) is 5.11 Å². The van der Waals surface area contributed by atoms with Gasteiger partial charge in [0.05, 0.1) is 0 Å². The Morgan fingerprint density at radius 3 is 2.25 bits per heavy atom. The highest BCUT2D eigenvalue weighted by Gasteiger charge is 2.10. The van der Waals surface area contributed by atoms with Crippen molar-refractivity contribution >= 4 is 18.4 Å². The normalized spacial score (nSPS) is 12.0. The first-order valence-electron chi connectivity index (χ1n) is 3.52. The molecule has 0 saturated heterocycles. The molecule has 1 unspecified atom stereocenters. The van der Waals surface area contributed by atoms with Gasteiger partial charge in [-0.3, -0.25) is 0 Å². The molecule has 0 rings (SSSR count). The summed E-state index contributed by atoms with van der Waals surface area (Å²) >= 11 is 0. The fourth-order valence-corrected chi connectivity index (χ4v) is 0.626. The summed E-state index contributed by atoms with van der Waals surface area (Å²) < 4.78 is 0. The van der Waals surface area contributed by atoms with Gasteiger partial charge in [0.25, 0.3) is 0 Å². The minimum atomic E-state index is -0.904. The number of aliphatic carboxylic acids is 1. The van der Waals surface area contributed by atoms with E-state index in [9.17, 15) is 4.79 Å². The molecule has 0 spiro atoms. The Morgan fingerprint density at radius 2 is 2.00 bits per heavy atom. The maximum Gasteiger partial charge on any atom is 0.331 e. The van der Waals surface area contributed by atoms with Gasteiger partial charge in [-0.15, -0.1) is 12.4 Å². The van der Waals surface area contributed by atoms with Crippen LogP contribution in [0.15, 0.2) is 12.2 Å². The molecule has 12 heavy (non-hydrogen) atoms. The van der Waals surface area contributed by atoms with Crippen molar-refractivity contribution in [3.8, 4) is 0 Å². The Morgan fingerprint density at radius 1 is 1.58 bits per heavy atom. The number of rotatable bonds is 4. The van der Waals surface area contributed by atoms with E-state index in [2.05, 4.69) is 6.58 Å². The Hall–Kier alpha value is -0.540. The van der Waals surface area contributed by atoms with E-state index in [0.29, 0.717) is 6.42 Å². The van der Waals surface area contributed by atoms with Crippen LogP contribution in [0.2, 0.25) is 0 Å². The number of nitrogens with zero attached hydrogens (tertiary/aromatic N) is 1. The third-order valence-corrected chi connectivity index (χ3v) is 1.73. The van der Waals surface area contributed by atoms with Crippen LogP contribution in [0.5, 0.6) is 0 Å². The molecule has 0 aromatic rings. The lowest BCUT2D eigenvalue weighted by atomic mass is 10.1. The van der Waals surface area contributed by atoms with E-state index in [1.54, 1.807) is 0 Å². The van der Waals surface area contributed by atoms with Crippen molar-refractivity contribution in [1.29, 1.82) is 0 Å². The first kappa shape index (κ1) is 14.0. The molecule has 72 valence electrons. The molecule has 0 saturated carbocycles. The lowest BCUT2D eigenvalue weighted by Gasteiger charge is -2.19. The van der Waals surface area contributed by atoms with Gasteiger partial charge in [-0.1, -0.05) is 6.58 Å². The highest BCUT2D eigenvalue weighted by atomic mass is 35.5. The van der Waals surface area contributed by atoms with E-state index < -0.39 is 5.97 Å². The van der Waals surface area contributed by atoms with Gasteiger partial charge in [0.15, 0.2) is 0 Å². The standard InChI is InChI=1S/C8H15NO2.ClH/c1-6(8(10)11)5-7(2)9(3)4;/h7H,1,5H2,2-4H3,(H,10,11);1H. The largest absolute Gasteiger partial charge is 0.478 e. The summed E-state index contributed by atoms with van der Waals surface area (Å²) in [4.78, 5) is 12.3. The molecule has 1 N–H and O–H groups in total. The zero-order valence-corrected chi connectivity index (χ0v) is 8.52. The van der Waals surface area contributed by atoms with Gasteiger partial charge in [-0.05, 0) is 27.4 Å². The fourth-order valence-electron chi connectivity index (χ4n) is 0.626. The second-order valence-corrected chi connectivity index (χ2v) is 2.93. The molecule has 0 aromatic carbocycles. The number of carboxylic acids is 1. The number of halogens is 1. The molecule has 3 nitrogen and oxygen atoms in total. The van der Waals surface area contributed by atoms with Gasteiger partial charge >= 0.3 is 5.97 Å². The number of carboxylic acid groups (broad SMARTS) is 1. The average Bonchev–Trinajstić information content (AvgIpc) is 1.87. The minimum absolute atomic E-state index is 0. The van der Waals surface area contributed by atoms with Crippen LogP contribution in [-0.2, 0) is 4.79 Å². The third kappa shape index (κ3) is 5.16. The van der Waals surface area contributed by atoms with E-state index in [1.807, 2.05) is 25.9 Å². The summed E-state index contributed by atoms with van der Waals surface area (Å²) in [5, 5.41) is 8.49. The highest BCUT2D eigenvalue weighted by molar-refractivity contribution is 5.85. The molecular formula is C8H16ClNO2. The van der Waals surface area contributed by atoms with Crippen molar-refractivity contribution in [3.05, 3.63) is 12.2 Å². The molecule has 0 aliphatic heterocycles. The molecular weight excluding hydrogens is 178 g/mol. The van der Waals surface area contributed by atoms with Crippen LogP contribution in [0.3, 0.4) is 0 Å². The summed E-state index contributed by atoms with van der Waals surface area (Å²) in [5.41, 5.74) is 0.270. The SMILES string of the molecule is C=C(CC(C)N(C)C)C(=O)O.Cl. The molecule has 0 aliphatic rings. The second kappa shape index (κ2) is 6.03. The molecule has 0 radical (unpaired) electrons. The highest BCUT2D eigenvalue weighted by Crippen LogP contribution is 2.06. The van der Waals surface area contributed by atoms with Crippen molar-refractivity contribution in [2.24, 2.45) is 0 Å². The Balaban J connectivity index is 0. The lowest BCUT2D eigenvalue weighted by Crippen LogP contribution is -2.25. The molecule has 1 atom stereocenters. The number of carbonyl (C=O) groups is 1. The van der Waals surface area contributed by atoms with Crippen molar-refractivity contribution in [3.63, 3.8) is 0 Å². The fraction of sp³-hybridized carbons (Fsp3) is 0.625. The monoisotopic (exact) mass is 193 g/mol. The van der Waals surface area contributed by atoms with Gasteiger partial charge in [-0.25, -0.2) is 4.79 Å². The average molecular weight is 194 g/mol. The van der Waals surface area contributed by atoms with E-state index in [1.165, 1.54) is 0 Å². The van der Waals surface area contributed by atoms with Crippen molar-refractivity contribution in [1.82, 2.24) is 4.90 Å². The second-order valence-electron chi connectivity index (χ2n) is 2.93. The van der Waals surface area contributed by atoms with Crippen LogP contribution in [0, 0.1) is 0 Å². The first-order chi connectivity index (χ1) is 4.95. The summed E-state index contributed by atoms with van der Waals surface area (Å²) in [6.07, 6.45) is 0.516. The zero-order chi connectivity index (χ0) is 9.02. The zero-order valence-electron chi connectivity index (χ0n) is 7.70. The van der Waals surface area contributed by atoms with Crippen LogP contribution >= 0.6 is 12.4 Å². The number of hydrogen-bond donors (Lipinski definition) is 1. The van der Waals surface area contributed by atoms with E-state index >= 15 is 0 Å². The summed E-state index contributed by atoms with van der Waals surface area (Å²) in [6, 6.07) is 0.235. The van der Waals surface area contributed by atoms with Gasteiger partial charge in [0.1, 0.15) is 0 Å². The molecule has 0 aromatic heterocycles. The number of hydrogen-bond acceptors (Lipinski definition) is 2. The topological polar surface area (TPSA) is 40.5 Å². The molecule has 0 aliphatic carbocycles. The predicted octanol–water partition coefficient (Wildman–Crippen LogP) is 1.39. The minimum Gasteiger partial charge on any atom is -0.478 e. The molecule has 0 bridgehead atoms. The van der Waals surface area contributed by atoms with Gasteiger partial charge in [0, 0.05) is 11.6 Å². The van der Waals surface area contributed by atoms with Crippen LogP contribution in [0.1, 0.15) is 13.3 Å². The van der Waals surface area contributed by atoms with Gasteiger partial charge in [0.2, 0.25) is 0 Å². The van der Waals surface area contributed by atoms with E-state index in [0.717, 1.165) is 0 Å². The summed E-state index contributed by atoms with van der Waals surface area (Å²) in [7, 11) is 3.83. The third-order valence-electron chi connectivity index (χ3n) is 1.73. The Kier molecular flexibility index (Phi) is 7.04. The smallest absolute Gasteiger partial charge is 0.331 e. The first-order valence-corrected chi connectivity index (χ1v) is 3.52. The molecule has 0 heterocycles. The predicted molar refractivity (Wildman–Crippen MR) is 51.8 cm³/mol. The maximum atomic E-state index is 10.3. The molecule has 4 heteroatoms. The maximum absolute atomic E-state index is 10.3. The van der Waals surface area contributed by atoms with Crippen LogP contribution < -0.4 is 0 Å². The Labute approximate surface area is 79.5 Å². The van der Waals surface area contributed by atoms with Crippen molar-refractivity contribution in [2.75, 3.05) is 14.1 Å². The van der Waals surface area contributed by atoms with Crippen LogP contribution in [0.4, 0.5) is 0 Å². The van der Waals surface area contributed by atoms with E-state index in [-0.39, 0.29) is 24.0 Å². The van der Waals surface area contributed by atoms with Crippen LogP contribution in [-0.4, -0.2) is 36.1 Å². The van der Waals surface area contributed by atoms with Crippen molar-refractivity contribution in [2.45, 2.75) is 19.4 Å². The lowest BCUT2D eigenvalue weighted by molar-refractivity contribution is -0.132. The van der Waals surface area contributed by atoms with Gasteiger partial charge in [-0.2, -0.15) is 0 Å². The Bertz CT molecular complexity index is 168. The van der Waals surface area contributed by atoms with Crippen LogP contribution in [0.25, 0.3) is 0 Å². The van der Waals surface area contributed by atoms with Gasteiger partial charge < -0.3 is 10.0 Å². The quantitative estimate of drug-likeness (QED) is 0.686. The molecule has 0 fully saturated rings.